The number of rotatable bonds is 7. The van der Waals surface area contributed by atoms with E-state index in [-0.39, 0.29) is 49.5 Å². The summed E-state index contributed by atoms with van der Waals surface area (Å²) in [5.74, 6) is -0.430. The van der Waals surface area contributed by atoms with Crippen molar-refractivity contribution in [2.45, 2.75) is 32.9 Å². The van der Waals surface area contributed by atoms with Gasteiger partial charge in [0.15, 0.2) is 0 Å². The molecule has 0 saturated carbocycles. The first kappa shape index (κ1) is 21.6. The van der Waals surface area contributed by atoms with Crippen LogP contribution in [-0.4, -0.2) is 27.6 Å². The second kappa shape index (κ2) is 9.27. The van der Waals surface area contributed by atoms with Crippen molar-refractivity contribution in [3.63, 3.8) is 0 Å². The van der Waals surface area contributed by atoms with Crippen LogP contribution in [0.2, 0.25) is 0 Å². The van der Waals surface area contributed by atoms with Crippen molar-refractivity contribution in [3.05, 3.63) is 75.5 Å². The summed E-state index contributed by atoms with van der Waals surface area (Å²) in [5.41, 5.74) is 1.99. The number of amides is 3. The average molecular weight is 453 g/mol. The summed E-state index contributed by atoms with van der Waals surface area (Å²) < 4.78 is 18.6. The lowest BCUT2D eigenvalue weighted by molar-refractivity contribution is -0.139. The van der Waals surface area contributed by atoms with Crippen LogP contribution in [-0.2, 0) is 22.7 Å². The molecule has 0 atom stereocenters. The Labute approximate surface area is 187 Å². The van der Waals surface area contributed by atoms with Gasteiger partial charge in [0.25, 0.3) is 5.91 Å². The number of aryl methyl sites for hydroxylation is 1. The molecule has 1 fully saturated rings. The van der Waals surface area contributed by atoms with Gasteiger partial charge >= 0.3 is 0 Å². The highest BCUT2D eigenvalue weighted by Gasteiger charge is 2.28. The van der Waals surface area contributed by atoms with E-state index in [4.69, 9.17) is 4.74 Å². The van der Waals surface area contributed by atoms with Gasteiger partial charge in [0, 0.05) is 18.5 Å². The predicted molar refractivity (Wildman–Crippen MR) is 117 cm³/mol. The number of thiazole rings is 1. The number of halogens is 1. The Bertz CT molecular complexity index is 1140. The Balaban J connectivity index is 1.35. The third-order valence-electron chi connectivity index (χ3n) is 4.93. The van der Waals surface area contributed by atoms with Crippen molar-refractivity contribution in [1.29, 1.82) is 0 Å². The summed E-state index contributed by atoms with van der Waals surface area (Å²) in [6.07, 6.45) is 0.524. The molecule has 32 heavy (non-hydrogen) atoms. The SMILES string of the molecule is Cc1nc(COc2ccc(F)cc2)sc1C(=O)Nc1ccc(CN2C(=O)CCC2=O)cc1. The molecule has 7 nitrogen and oxygen atoms in total. The van der Waals surface area contributed by atoms with Crippen LogP contribution in [0, 0.1) is 12.7 Å². The molecule has 0 spiro atoms. The van der Waals surface area contributed by atoms with Crippen LogP contribution in [0.15, 0.2) is 48.5 Å². The lowest BCUT2D eigenvalue weighted by Gasteiger charge is -2.14. The highest BCUT2D eigenvalue weighted by atomic mass is 32.1. The monoisotopic (exact) mass is 453 g/mol. The molecule has 2 aromatic carbocycles. The van der Waals surface area contributed by atoms with Crippen molar-refractivity contribution >= 4 is 34.7 Å². The molecule has 1 saturated heterocycles. The second-order valence-electron chi connectivity index (χ2n) is 7.29. The summed E-state index contributed by atoms with van der Waals surface area (Å²) in [7, 11) is 0. The van der Waals surface area contributed by atoms with Crippen LogP contribution in [0.4, 0.5) is 10.1 Å². The van der Waals surface area contributed by atoms with E-state index in [1.165, 1.54) is 40.5 Å². The fourth-order valence-corrected chi connectivity index (χ4v) is 4.14. The highest BCUT2D eigenvalue weighted by molar-refractivity contribution is 7.13. The Morgan fingerprint density at radius 3 is 2.41 bits per heavy atom. The number of aromatic nitrogens is 1. The first-order chi connectivity index (χ1) is 15.4. The second-order valence-corrected chi connectivity index (χ2v) is 8.37. The largest absolute Gasteiger partial charge is 0.486 e. The van der Waals surface area contributed by atoms with Gasteiger partial charge in [-0.2, -0.15) is 0 Å². The maximum Gasteiger partial charge on any atom is 0.267 e. The summed E-state index contributed by atoms with van der Waals surface area (Å²) in [5, 5.41) is 3.46. The number of hydrogen-bond acceptors (Lipinski definition) is 6. The van der Waals surface area contributed by atoms with E-state index in [0.29, 0.717) is 27.0 Å². The molecule has 1 aliphatic rings. The van der Waals surface area contributed by atoms with Crippen molar-refractivity contribution < 1.29 is 23.5 Å². The van der Waals surface area contributed by atoms with Gasteiger partial charge < -0.3 is 10.1 Å². The van der Waals surface area contributed by atoms with E-state index in [1.807, 2.05) is 0 Å². The standard InChI is InChI=1S/C23H20FN3O4S/c1-14-22(32-19(25-14)13-31-18-8-4-16(24)5-9-18)23(30)26-17-6-2-15(3-7-17)12-27-20(28)10-11-21(27)29/h2-9H,10-13H2,1H3,(H,26,30). The molecule has 9 heteroatoms. The Hall–Kier alpha value is -3.59. The molecular formula is C23H20FN3O4S. The minimum absolute atomic E-state index is 0.160. The number of carbonyl (C=O) groups is 3. The quantitative estimate of drug-likeness (QED) is 0.545. The lowest BCUT2D eigenvalue weighted by atomic mass is 10.2. The van der Waals surface area contributed by atoms with Gasteiger partial charge in [-0.05, 0) is 48.9 Å². The molecule has 0 unspecified atom stereocenters. The van der Waals surface area contributed by atoms with Crippen LogP contribution in [0.25, 0.3) is 0 Å². The maximum atomic E-state index is 13.0. The van der Waals surface area contributed by atoms with E-state index in [1.54, 1.807) is 31.2 Å². The number of ether oxygens (including phenoxy) is 1. The van der Waals surface area contributed by atoms with E-state index >= 15 is 0 Å². The number of benzene rings is 2. The van der Waals surface area contributed by atoms with Gasteiger partial charge in [0.2, 0.25) is 11.8 Å². The molecular weight excluding hydrogens is 433 g/mol. The van der Waals surface area contributed by atoms with Gasteiger partial charge in [-0.15, -0.1) is 11.3 Å². The predicted octanol–water partition coefficient (Wildman–Crippen LogP) is 4.07. The van der Waals surface area contributed by atoms with E-state index < -0.39 is 0 Å². The molecule has 1 aliphatic heterocycles. The topological polar surface area (TPSA) is 88.6 Å². The number of anilines is 1. The maximum absolute atomic E-state index is 13.0. The smallest absolute Gasteiger partial charge is 0.267 e. The number of imide groups is 1. The molecule has 164 valence electrons. The van der Waals surface area contributed by atoms with Gasteiger partial charge in [-0.25, -0.2) is 9.37 Å². The third kappa shape index (κ3) is 5.00. The van der Waals surface area contributed by atoms with Crippen LogP contribution in [0.5, 0.6) is 5.75 Å². The molecule has 2 heterocycles. The normalized spacial score (nSPS) is 13.5. The van der Waals surface area contributed by atoms with Gasteiger partial charge in [-0.1, -0.05) is 12.1 Å². The number of nitrogens with one attached hydrogen (secondary N) is 1. The van der Waals surface area contributed by atoms with E-state index in [2.05, 4.69) is 10.3 Å². The number of hydrogen-bond donors (Lipinski definition) is 1. The zero-order valence-electron chi connectivity index (χ0n) is 17.3. The van der Waals surface area contributed by atoms with E-state index in [0.717, 1.165) is 5.56 Å². The van der Waals surface area contributed by atoms with Crippen LogP contribution >= 0.6 is 11.3 Å². The van der Waals surface area contributed by atoms with Gasteiger partial charge in [0.1, 0.15) is 28.1 Å². The number of carbonyl (C=O) groups excluding carboxylic acids is 3. The fourth-order valence-electron chi connectivity index (χ4n) is 3.26. The summed E-state index contributed by atoms with van der Waals surface area (Å²) in [4.78, 5) is 42.3. The zero-order valence-corrected chi connectivity index (χ0v) is 18.1. The highest BCUT2D eigenvalue weighted by Crippen LogP contribution is 2.23. The molecule has 1 N–H and O–H groups in total. The molecule has 3 aromatic rings. The molecule has 4 rings (SSSR count). The lowest BCUT2D eigenvalue weighted by Crippen LogP contribution is -2.28. The van der Waals surface area contributed by atoms with E-state index in [9.17, 15) is 18.8 Å². The minimum atomic E-state index is -0.340. The fraction of sp³-hybridized carbons (Fsp3) is 0.217. The zero-order chi connectivity index (χ0) is 22.7. The summed E-state index contributed by atoms with van der Waals surface area (Å²) >= 11 is 1.23. The molecule has 3 amide bonds. The van der Waals surface area contributed by atoms with Crippen LogP contribution in [0.1, 0.15) is 38.8 Å². The first-order valence-electron chi connectivity index (χ1n) is 9.97. The number of likely N-dealkylation sites (tertiary alicyclic amines) is 1. The van der Waals surface area contributed by atoms with Crippen molar-refractivity contribution in [2.75, 3.05) is 5.32 Å². The Morgan fingerprint density at radius 2 is 1.75 bits per heavy atom. The molecule has 0 radical (unpaired) electrons. The average Bonchev–Trinajstić information content (AvgIpc) is 3.31. The van der Waals surface area contributed by atoms with Gasteiger partial charge in [0.05, 0.1) is 12.2 Å². The Morgan fingerprint density at radius 1 is 1.09 bits per heavy atom. The first-order valence-corrected chi connectivity index (χ1v) is 10.8. The van der Waals surface area contributed by atoms with Crippen LogP contribution in [0.3, 0.4) is 0 Å². The summed E-state index contributed by atoms with van der Waals surface area (Å²) in [6, 6.07) is 12.7. The molecule has 0 aliphatic carbocycles. The van der Waals surface area contributed by atoms with Crippen molar-refractivity contribution in [3.8, 4) is 5.75 Å². The summed E-state index contributed by atoms with van der Waals surface area (Å²) in [6.45, 7) is 2.16. The molecule has 1 aromatic heterocycles. The Kier molecular flexibility index (Phi) is 6.27. The van der Waals surface area contributed by atoms with Crippen LogP contribution < -0.4 is 10.1 Å². The minimum Gasteiger partial charge on any atom is -0.486 e. The molecule has 0 bridgehead atoms. The number of nitrogens with zero attached hydrogens (tertiary/aromatic N) is 2. The van der Waals surface area contributed by atoms with Crippen molar-refractivity contribution in [1.82, 2.24) is 9.88 Å². The van der Waals surface area contributed by atoms with Crippen molar-refractivity contribution in [2.24, 2.45) is 0 Å². The third-order valence-corrected chi connectivity index (χ3v) is 6.06. The van der Waals surface area contributed by atoms with Gasteiger partial charge in [-0.3, -0.25) is 19.3 Å².